The Morgan fingerprint density at radius 3 is 2.24 bits per heavy atom. The third-order valence-corrected chi connectivity index (χ3v) is 10.6. The standard InChI is InChI=1S/C24H32F3N3O5S3/c1-17(2)30(37(4,32)33)16-20-15-28(38(34,35)22-8-6-5-7-21(22)36)13-14-29(20)19-11-9-18(10-12-19)23(3,31)24(25,26)27/h5-6,8-12,17,20,31H,7,13-16H2,1-4H3/t20-,23?/m1/s1. The van der Waals surface area contributed by atoms with Gasteiger partial charge >= 0.3 is 6.18 Å². The van der Waals surface area contributed by atoms with E-state index in [4.69, 9.17) is 12.2 Å². The van der Waals surface area contributed by atoms with E-state index in [0.717, 1.165) is 18.4 Å². The van der Waals surface area contributed by atoms with E-state index in [1.807, 2.05) is 0 Å². The van der Waals surface area contributed by atoms with Gasteiger partial charge in [-0.1, -0.05) is 36.5 Å². The summed E-state index contributed by atoms with van der Waals surface area (Å²) in [7, 11) is -7.61. The summed E-state index contributed by atoms with van der Waals surface area (Å²) < 4.78 is 94.4. The molecule has 38 heavy (non-hydrogen) atoms. The van der Waals surface area contributed by atoms with Crippen LogP contribution in [0.3, 0.4) is 0 Å². The number of nitrogens with zero attached hydrogens (tertiary/aromatic N) is 3. The van der Waals surface area contributed by atoms with E-state index in [1.54, 1.807) is 30.9 Å². The molecule has 2 atom stereocenters. The van der Waals surface area contributed by atoms with Crippen molar-refractivity contribution in [1.29, 1.82) is 0 Å². The molecule has 1 aliphatic heterocycles. The summed E-state index contributed by atoms with van der Waals surface area (Å²) in [4.78, 5) is 2.11. The van der Waals surface area contributed by atoms with Crippen LogP contribution >= 0.6 is 12.2 Å². The average molecular weight is 596 g/mol. The average Bonchev–Trinajstić information content (AvgIpc) is 2.81. The first-order valence-electron chi connectivity index (χ1n) is 11.9. The maximum atomic E-state index is 13.5. The summed E-state index contributed by atoms with van der Waals surface area (Å²) in [6.45, 7) is 4.18. The third-order valence-electron chi connectivity index (χ3n) is 6.73. The van der Waals surface area contributed by atoms with Gasteiger partial charge in [-0.3, -0.25) is 0 Å². The van der Waals surface area contributed by atoms with Gasteiger partial charge in [0.1, 0.15) is 0 Å². The van der Waals surface area contributed by atoms with Gasteiger partial charge in [0.15, 0.2) is 5.60 Å². The molecule has 1 unspecified atom stereocenters. The molecular weight excluding hydrogens is 563 g/mol. The van der Waals surface area contributed by atoms with Crippen molar-refractivity contribution in [2.45, 2.75) is 51.1 Å². The van der Waals surface area contributed by atoms with Crippen molar-refractivity contribution in [3.8, 4) is 0 Å². The number of hydrogen-bond acceptors (Lipinski definition) is 7. The highest BCUT2D eigenvalue weighted by molar-refractivity contribution is 7.96. The van der Waals surface area contributed by atoms with E-state index in [1.165, 1.54) is 26.8 Å². The molecule has 3 rings (SSSR count). The first kappa shape index (κ1) is 30.7. The summed E-state index contributed by atoms with van der Waals surface area (Å²) in [5.74, 6) is 0. The lowest BCUT2D eigenvalue weighted by Crippen LogP contribution is -2.59. The molecule has 1 fully saturated rings. The summed E-state index contributed by atoms with van der Waals surface area (Å²) in [5, 5.41) is 10.0. The fourth-order valence-corrected chi connectivity index (χ4v) is 7.79. The fraction of sp³-hybridized carbons (Fsp3) is 0.542. The minimum Gasteiger partial charge on any atom is -0.376 e. The van der Waals surface area contributed by atoms with Gasteiger partial charge in [0, 0.05) is 49.2 Å². The number of halogens is 3. The number of thiocarbonyl (C=S) groups is 1. The summed E-state index contributed by atoms with van der Waals surface area (Å²) >= 11 is 5.27. The molecule has 212 valence electrons. The van der Waals surface area contributed by atoms with Gasteiger partial charge in [-0.05, 0) is 44.5 Å². The second-order valence-electron chi connectivity index (χ2n) is 9.84. The number of alkyl halides is 3. The number of allylic oxidation sites excluding steroid dienone is 4. The van der Waals surface area contributed by atoms with Gasteiger partial charge in [0.25, 0.3) is 0 Å². The lowest BCUT2D eigenvalue weighted by molar-refractivity contribution is -0.258. The number of hydrogen-bond donors (Lipinski definition) is 1. The van der Waals surface area contributed by atoms with Crippen molar-refractivity contribution in [3.05, 3.63) is 53.0 Å². The molecule has 1 N–H and O–H groups in total. The van der Waals surface area contributed by atoms with Gasteiger partial charge in [-0.25, -0.2) is 16.8 Å². The van der Waals surface area contributed by atoms with Crippen LogP contribution in [0.5, 0.6) is 0 Å². The molecule has 0 radical (unpaired) electrons. The number of benzene rings is 1. The Bertz CT molecular complexity index is 1320. The Hall–Kier alpha value is -1.84. The summed E-state index contributed by atoms with van der Waals surface area (Å²) in [6, 6.07) is 4.08. The third kappa shape index (κ3) is 6.31. The van der Waals surface area contributed by atoms with E-state index in [9.17, 15) is 35.1 Å². The zero-order valence-corrected chi connectivity index (χ0v) is 24.0. The van der Waals surface area contributed by atoms with Crippen molar-refractivity contribution in [3.63, 3.8) is 0 Å². The minimum atomic E-state index is -4.88. The zero-order chi connectivity index (χ0) is 28.7. The Morgan fingerprint density at radius 2 is 1.74 bits per heavy atom. The van der Waals surface area contributed by atoms with Crippen LogP contribution in [0.1, 0.15) is 32.8 Å². The number of rotatable bonds is 8. The number of piperazine rings is 1. The topological polar surface area (TPSA) is 98.2 Å². The number of anilines is 1. The highest BCUT2D eigenvalue weighted by atomic mass is 32.2. The van der Waals surface area contributed by atoms with Crippen molar-refractivity contribution >= 4 is 42.8 Å². The summed E-state index contributed by atoms with van der Waals surface area (Å²) in [5.41, 5.74) is -2.93. The first-order valence-corrected chi connectivity index (χ1v) is 15.6. The van der Waals surface area contributed by atoms with Crippen LogP contribution < -0.4 is 4.90 Å². The second kappa shape index (κ2) is 11.0. The molecule has 0 bridgehead atoms. The van der Waals surface area contributed by atoms with Crippen molar-refractivity contribution < 1.29 is 35.1 Å². The van der Waals surface area contributed by atoms with Crippen molar-refractivity contribution in [1.82, 2.24) is 8.61 Å². The zero-order valence-electron chi connectivity index (χ0n) is 21.5. The number of aliphatic hydroxyl groups is 1. The van der Waals surface area contributed by atoms with Gasteiger partial charge in [-0.2, -0.15) is 21.8 Å². The van der Waals surface area contributed by atoms with Gasteiger partial charge in [0.2, 0.25) is 20.0 Å². The molecule has 2 aliphatic rings. The van der Waals surface area contributed by atoms with Crippen molar-refractivity contribution in [2.75, 3.05) is 37.3 Å². The lowest BCUT2D eigenvalue weighted by atomic mass is 9.95. The maximum absolute atomic E-state index is 13.5. The largest absolute Gasteiger partial charge is 0.421 e. The van der Waals surface area contributed by atoms with Crippen LogP contribution in [0.4, 0.5) is 18.9 Å². The molecule has 1 aliphatic carbocycles. The maximum Gasteiger partial charge on any atom is 0.421 e. The molecule has 1 aromatic rings. The molecular formula is C24H32F3N3O5S3. The molecule has 8 nitrogen and oxygen atoms in total. The molecule has 14 heteroatoms. The van der Waals surface area contributed by atoms with Crippen LogP contribution in [0.15, 0.2) is 47.4 Å². The molecule has 0 amide bonds. The monoisotopic (exact) mass is 595 g/mol. The smallest absolute Gasteiger partial charge is 0.376 e. The Morgan fingerprint density at radius 1 is 1.13 bits per heavy atom. The Labute approximate surface area is 227 Å². The molecule has 0 spiro atoms. The Balaban J connectivity index is 1.98. The molecule has 1 saturated heterocycles. The number of sulfonamides is 2. The normalized spacial score (nSPS) is 21.6. The molecule has 0 saturated carbocycles. The van der Waals surface area contributed by atoms with Crippen LogP contribution in [-0.4, -0.2) is 86.1 Å². The van der Waals surface area contributed by atoms with E-state index in [2.05, 4.69) is 0 Å². The Kier molecular flexibility index (Phi) is 8.86. The van der Waals surface area contributed by atoms with E-state index >= 15 is 0 Å². The van der Waals surface area contributed by atoms with E-state index < -0.39 is 43.9 Å². The fourth-order valence-electron chi connectivity index (χ4n) is 4.51. The van der Waals surface area contributed by atoms with Gasteiger partial charge in [0.05, 0.1) is 17.2 Å². The van der Waals surface area contributed by atoms with Crippen LogP contribution in [-0.2, 0) is 25.6 Å². The lowest BCUT2D eigenvalue weighted by Gasteiger charge is -2.44. The highest BCUT2D eigenvalue weighted by Crippen LogP contribution is 2.39. The predicted octanol–water partition coefficient (Wildman–Crippen LogP) is 3.16. The van der Waals surface area contributed by atoms with E-state index in [-0.39, 0.29) is 36.6 Å². The minimum absolute atomic E-state index is 0.0322. The SMILES string of the molecule is CC(C)N(C[C@H]1CN(S(=O)(=O)C2=CC=CCC2=S)CCN1c1ccc(C(C)(O)C(F)(F)F)cc1)S(C)(=O)=O. The quantitative estimate of drug-likeness (QED) is 0.461. The second-order valence-corrected chi connectivity index (χ2v) is 14.2. The summed E-state index contributed by atoms with van der Waals surface area (Å²) in [6.07, 6.45) is 1.35. The van der Waals surface area contributed by atoms with Gasteiger partial charge < -0.3 is 10.0 Å². The van der Waals surface area contributed by atoms with Crippen molar-refractivity contribution in [2.24, 2.45) is 0 Å². The molecule has 1 aromatic carbocycles. The van der Waals surface area contributed by atoms with Crippen LogP contribution in [0.25, 0.3) is 0 Å². The van der Waals surface area contributed by atoms with Crippen LogP contribution in [0, 0.1) is 0 Å². The highest BCUT2D eigenvalue weighted by Gasteiger charge is 2.51. The molecule has 1 heterocycles. The molecule has 0 aromatic heterocycles. The van der Waals surface area contributed by atoms with E-state index in [0.29, 0.717) is 23.9 Å². The predicted molar refractivity (Wildman–Crippen MR) is 145 cm³/mol. The first-order chi connectivity index (χ1) is 17.4. The van der Waals surface area contributed by atoms with Crippen LogP contribution in [0.2, 0.25) is 0 Å². The van der Waals surface area contributed by atoms with Gasteiger partial charge in [-0.15, -0.1) is 0 Å².